The van der Waals surface area contributed by atoms with Crippen LogP contribution in [0.15, 0.2) is 42.6 Å². The summed E-state index contributed by atoms with van der Waals surface area (Å²) in [4.78, 5) is 0. The Balaban J connectivity index is 1.91. The summed E-state index contributed by atoms with van der Waals surface area (Å²) < 4.78 is 52.1. The number of hydrogen-bond acceptors (Lipinski definition) is 4. The summed E-state index contributed by atoms with van der Waals surface area (Å²) in [5.41, 5.74) is 5.23. The zero-order valence-electron chi connectivity index (χ0n) is 11.4. The summed E-state index contributed by atoms with van der Waals surface area (Å²) in [6, 6.07) is 7.75. The van der Waals surface area contributed by atoms with Crippen LogP contribution in [-0.4, -0.2) is 20.0 Å². The number of benzene rings is 1. The lowest BCUT2D eigenvalue weighted by Crippen LogP contribution is -2.10. The van der Waals surface area contributed by atoms with Crippen molar-refractivity contribution >= 4 is 5.69 Å². The SMILES string of the molecule is Nc1ccc(-c2ccn(-c3ccc(C(F)(F)F)nn3)n2)cc1F. The molecule has 3 aromatic rings. The fraction of sp³-hybridized carbons (Fsp3) is 0.0714. The average Bonchev–Trinajstić information content (AvgIpc) is 2.99. The number of halogens is 4. The second-order valence-corrected chi connectivity index (χ2v) is 4.66. The molecule has 0 atom stereocenters. The van der Waals surface area contributed by atoms with E-state index in [2.05, 4.69) is 15.3 Å². The lowest BCUT2D eigenvalue weighted by Gasteiger charge is -2.05. The molecule has 0 unspecified atom stereocenters. The van der Waals surface area contributed by atoms with Gasteiger partial charge in [-0.2, -0.15) is 18.3 Å². The molecular formula is C14H9F4N5. The van der Waals surface area contributed by atoms with Crippen molar-refractivity contribution in [1.82, 2.24) is 20.0 Å². The molecule has 2 N–H and O–H groups in total. The second-order valence-electron chi connectivity index (χ2n) is 4.66. The Hall–Kier alpha value is -2.97. The molecule has 9 heteroatoms. The molecular weight excluding hydrogens is 314 g/mol. The van der Waals surface area contributed by atoms with Gasteiger partial charge in [0.25, 0.3) is 0 Å². The fourth-order valence-electron chi connectivity index (χ4n) is 1.89. The first-order valence-corrected chi connectivity index (χ1v) is 6.37. The Labute approximate surface area is 127 Å². The second kappa shape index (κ2) is 5.34. The Morgan fingerprint density at radius 3 is 2.39 bits per heavy atom. The van der Waals surface area contributed by atoms with E-state index in [1.807, 2.05) is 0 Å². The molecule has 1 aromatic carbocycles. The first-order chi connectivity index (χ1) is 10.8. The Kier molecular flexibility index (Phi) is 3.47. The molecule has 23 heavy (non-hydrogen) atoms. The van der Waals surface area contributed by atoms with Crippen LogP contribution in [0.5, 0.6) is 0 Å². The van der Waals surface area contributed by atoms with E-state index in [-0.39, 0.29) is 11.5 Å². The largest absolute Gasteiger partial charge is 0.435 e. The zero-order chi connectivity index (χ0) is 16.6. The molecule has 3 rings (SSSR count). The highest BCUT2D eigenvalue weighted by Gasteiger charge is 2.32. The van der Waals surface area contributed by atoms with Gasteiger partial charge >= 0.3 is 6.18 Å². The van der Waals surface area contributed by atoms with Gasteiger partial charge < -0.3 is 5.73 Å². The summed E-state index contributed by atoms with van der Waals surface area (Å²) >= 11 is 0. The zero-order valence-corrected chi connectivity index (χ0v) is 11.4. The lowest BCUT2D eigenvalue weighted by molar-refractivity contribution is -0.141. The van der Waals surface area contributed by atoms with Crippen molar-refractivity contribution in [2.45, 2.75) is 6.18 Å². The molecule has 2 aromatic heterocycles. The molecule has 118 valence electrons. The number of anilines is 1. The van der Waals surface area contributed by atoms with E-state index in [0.717, 1.165) is 12.1 Å². The highest BCUT2D eigenvalue weighted by molar-refractivity contribution is 5.62. The number of rotatable bonds is 2. The summed E-state index contributed by atoms with van der Waals surface area (Å²) in [5, 5.41) is 10.8. The van der Waals surface area contributed by atoms with Crippen LogP contribution in [0.2, 0.25) is 0 Å². The van der Waals surface area contributed by atoms with Gasteiger partial charge in [-0.15, -0.1) is 10.2 Å². The van der Waals surface area contributed by atoms with E-state index in [1.165, 1.54) is 23.0 Å². The summed E-state index contributed by atoms with van der Waals surface area (Å²) in [7, 11) is 0. The van der Waals surface area contributed by atoms with E-state index in [0.29, 0.717) is 11.3 Å². The average molecular weight is 323 g/mol. The number of nitrogens with zero attached hydrogens (tertiary/aromatic N) is 4. The highest BCUT2D eigenvalue weighted by atomic mass is 19.4. The monoisotopic (exact) mass is 323 g/mol. The third-order valence-corrected chi connectivity index (χ3v) is 3.06. The molecule has 2 heterocycles. The number of alkyl halides is 3. The maximum absolute atomic E-state index is 13.5. The van der Waals surface area contributed by atoms with Crippen LogP contribution in [0.1, 0.15) is 5.69 Å². The summed E-state index contributed by atoms with van der Waals surface area (Å²) in [6.07, 6.45) is -3.07. The standard InChI is InChI=1S/C14H9F4N5/c15-9-7-8(1-2-10(9)19)11-5-6-23(22-11)13-4-3-12(20-21-13)14(16,17)18/h1-7H,19H2. The Morgan fingerprint density at radius 1 is 1.00 bits per heavy atom. The van der Waals surface area contributed by atoms with Crippen molar-refractivity contribution in [2.24, 2.45) is 0 Å². The minimum Gasteiger partial charge on any atom is -0.396 e. The van der Waals surface area contributed by atoms with E-state index >= 15 is 0 Å². The number of hydrogen-bond donors (Lipinski definition) is 1. The third kappa shape index (κ3) is 2.98. The summed E-state index contributed by atoms with van der Waals surface area (Å²) in [5.74, 6) is -0.466. The van der Waals surface area contributed by atoms with Gasteiger partial charge in [0.1, 0.15) is 5.82 Å². The lowest BCUT2D eigenvalue weighted by atomic mass is 10.1. The van der Waals surface area contributed by atoms with Crippen LogP contribution < -0.4 is 5.73 Å². The van der Waals surface area contributed by atoms with E-state index in [1.54, 1.807) is 12.1 Å². The highest BCUT2D eigenvalue weighted by Crippen LogP contribution is 2.27. The smallest absolute Gasteiger partial charge is 0.396 e. The molecule has 0 aliphatic rings. The molecule has 0 bridgehead atoms. The number of aromatic nitrogens is 4. The van der Waals surface area contributed by atoms with Gasteiger partial charge in [-0.1, -0.05) is 6.07 Å². The predicted molar refractivity (Wildman–Crippen MR) is 74.0 cm³/mol. The van der Waals surface area contributed by atoms with Crippen LogP contribution in [0.4, 0.5) is 23.2 Å². The van der Waals surface area contributed by atoms with E-state index < -0.39 is 17.7 Å². The molecule has 0 spiro atoms. The summed E-state index contributed by atoms with van der Waals surface area (Å²) in [6.45, 7) is 0. The maximum Gasteiger partial charge on any atom is 0.435 e. The van der Waals surface area contributed by atoms with Gasteiger partial charge in [0.15, 0.2) is 11.5 Å². The predicted octanol–water partition coefficient (Wildman–Crippen LogP) is 3.07. The maximum atomic E-state index is 13.5. The van der Waals surface area contributed by atoms with Crippen molar-refractivity contribution in [3.05, 3.63) is 54.1 Å². The number of nitrogens with two attached hydrogens (primary N) is 1. The van der Waals surface area contributed by atoms with Crippen LogP contribution in [0.3, 0.4) is 0 Å². The van der Waals surface area contributed by atoms with Crippen molar-refractivity contribution < 1.29 is 17.6 Å². The molecule has 0 amide bonds. The van der Waals surface area contributed by atoms with Gasteiger partial charge in [0.2, 0.25) is 0 Å². The molecule has 0 radical (unpaired) electrons. The molecule has 0 aliphatic heterocycles. The third-order valence-electron chi connectivity index (χ3n) is 3.06. The Bertz CT molecular complexity index is 839. The molecule has 0 aliphatic carbocycles. The van der Waals surface area contributed by atoms with Crippen molar-refractivity contribution in [3.63, 3.8) is 0 Å². The van der Waals surface area contributed by atoms with Gasteiger partial charge in [0, 0.05) is 11.8 Å². The van der Waals surface area contributed by atoms with Crippen molar-refractivity contribution in [2.75, 3.05) is 5.73 Å². The number of nitrogen functional groups attached to an aromatic ring is 1. The fourth-order valence-corrected chi connectivity index (χ4v) is 1.89. The topological polar surface area (TPSA) is 69.6 Å². The van der Waals surface area contributed by atoms with Crippen LogP contribution >= 0.6 is 0 Å². The Morgan fingerprint density at radius 2 is 1.78 bits per heavy atom. The minimum atomic E-state index is -4.55. The molecule has 5 nitrogen and oxygen atoms in total. The molecule has 0 saturated carbocycles. The van der Waals surface area contributed by atoms with Gasteiger partial charge in [-0.05, 0) is 30.3 Å². The van der Waals surface area contributed by atoms with E-state index in [4.69, 9.17) is 5.73 Å². The quantitative estimate of drug-likeness (QED) is 0.581. The molecule has 0 fully saturated rings. The first kappa shape index (κ1) is 14.9. The van der Waals surface area contributed by atoms with Crippen molar-refractivity contribution in [3.8, 4) is 17.1 Å². The van der Waals surface area contributed by atoms with Crippen LogP contribution in [0.25, 0.3) is 17.1 Å². The minimum absolute atomic E-state index is 0.0155. The van der Waals surface area contributed by atoms with Crippen LogP contribution in [0, 0.1) is 5.82 Å². The van der Waals surface area contributed by atoms with Gasteiger partial charge in [-0.25, -0.2) is 9.07 Å². The van der Waals surface area contributed by atoms with E-state index in [9.17, 15) is 17.6 Å². The van der Waals surface area contributed by atoms with Gasteiger partial charge in [0.05, 0.1) is 11.4 Å². The first-order valence-electron chi connectivity index (χ1n) is 6.37. The van der Waals surface area contributed by atoms with Crippen molar-refractivity contribution in [1.29, 1.82) is 0 Å². The molecule has 0 saturated heterocycles. The van der Waals surface area contributed by atoms with Crippen LogP contribution in [-0.2, 0) is 6.18 Å². The van der Waals surface area contributed by atoms with Gasteiger partial charge in [-0.3, -0.25) is 0 Å². The normalized spacial score (nSPS) is 11.7.